The number of aromatic amines is 1. The second-order valence-corrected chi connectivity index (χ2v) is 4.12. The van der Waals surface area contributed by atoms with Gasteiger partial charge in [0, 0.05) is 5.69 Å². The van der Waals surface area contributed by atoms with E-state index >= 15 is 0 Å². The van der Waals surface area contributed by atoms with Crippen LogP contribution >= 0.6 is 0 Å². The third kappa shape index (κ3) is 2.18. The molecule has 0 fully saturated rings. The molecule has 4 heteroatoms. The highest BCUT2D eigenvalue weighted by atomic mass is 16.5. The molecular formula is C14H13N3O. The molecule has 2 aromatic heterocycles. The predicted octanol–water partition coefficient (Wildman–Crippen LogP) is 2.85. The number of benzene rings is 1. The van der Waals surface area contributed by atoms with Gasteiger partial charge in [0.25, 0.3) is 0 Å². The first kappa shape index (κ1) is 10.8. The Kier molecular flexibility index (Phi) is 2.68. The zero-order valence-electron chi connectivity index (χ0n) is 10.1. The lowest BCUT2D eigenvalue weighted by molar-refractivity contribution is 0.296. The molecule has 1 N–H and O–H groups in total. The molecule has 0 bridgehead atoms. The van der Waals surface area contributed by atoms with Crippen LogP contribution < -0.4 is 4.74 Å². The molecule has 0 amide bonds. The van der Waals surface area contributed by atoms with Gasteiger partial charge < -0.3 is 9.72 Å². The molecule has 4 nitrogen and oxygen atoms in total. The molecule has 0 radical (unpaired) electrons. The average Bonchev–Trinajstić information content (AvgIpc) is 2.81. The molecule has 3 aromatic rings. The molecule has 3 rings (SSSR count). The Bertz CT molecular complexity index is 625. The molecule has 0 spiro atoms. The summed E-state index contributed by atoms with van der Waals surface area (Å²) in [6.45, 7) is 2.36. The topological polar surface area (TPSA) is 50.8 Å². The maximum Gasteiger partial charge on any atom is 0.146 e. The van der Waals surface area contributed by atoms with Crippen molar-refractivity contribution >= 4 is 11.0 Å². The largest absolute Gasteiger partial charge is 0.484 e. The number of fused-ring (bicyclic) bond motifs is 1. The summed E-state index contributed by atoms with van der Waals surface area (Å²) in [5.41, 5.74) is 2.96. The third-order valence-electron chi connectivity index (χ3n) is 2.70. The van der Waals surface area contributed by atoms with Crippen LogP contribution in [0, 0.1) is 6.92 Å². The van der Waals surface area contributed by atoms with Crippen molar-refractivity contribution in [1.82, 2.24) is 15.0 Å². The molecule has 0 saturated carbocycles. The minimum absolute atomic E-state index is 0.416. The van der Waals surface area contributed by atoms with Gasteiger partial charge in [0.2, 0.25) is 0 Å². The number of H-pyrrole nitrogens is 1. The molecule has 18 heavy (non-hydrogen) atoms. The van der Waals surface area contributed by atoms with E-state index in [1.165, 1.54) is 0 Å². The van der Waals surface area contributed by atoms with Crippen LogP contribution in [0.5, 0.6) is 5.75 Å². The normalized spacial score (nSPS) is 10.7. The fourth-order valence-corrected chi connectivity index (χ4v) is 1.77. The number of nitrogens with one attached hydrogen (secondary N) is 1. The van der Waals surface area contributed by atoms with Crippen LogP contribution in [0.2, 0.25) is 0 Å². The fourth-order valence-electron chi connectivity index (χ4n) is 1.77. The predicted molar refractivity (Wildman–Crippen MR) is 69.4 cm³/mol. The van der Waals surface area contributed by atoms with E-state index in [0.717, 1.165) is 28.3 Å². The summed E-state index contributed by atoms with van der Waals surface area (Å²) in [6.07, 6.45) is 1.72. The lowest BCUT2D eigenvalue weighted by Crippen LogP contribution is -1.97. The number of aryl methyl sites for hydroxylation is 1. The van der Waals surface area contributed by atoms with Crippen LogP contribution in [0.3, 0.4) is 0 Å². The molecule has 1 aromatic carbocycles. The van der Waals surface area contributed by atoms with Crippen molar-refractivity contribution in [2.24, 2.45) is 0 Å². The first-order valence-corrected chi connectivity index (χ1v) is 5.80. The summed E-state index contributed by atoms with van der Waals surface area (Å²) in [7, 11) is 0. The number of hydrogen-bond donors (Lipinski definition) is 1. The van der Waals surface area contributed by atoms with Crippen molar-refractivity contribution in [3.8, 4) is 5.75 Å². The van der Waals surface area contributed by atoms with Crippen molar-refractivity contribution in [3.63, 3.8) is 0 Å². The van der Waals surface area contributed by atoms with Crippen LogP contribution in [-0.4, -0.2) is 15.0 Å². The monoisotopic (exact) mass is 239 g/mol. The van der Waals surface area contributed by atoms with E-state index in [1.807, 2.05) is 43.3 Å². The number of imidazole rings is 1. The molecule has 0 unspecified atom stereocenters. The smallest absolute Gasteiger partial charge is 0.146 e. The van der Waals surface area contributed by atoms with Gasteiger partial charge in [-0.1, -0.05) is 12.1 Å². The van der Waals surface area contributed by atoms with E-state index in [4.69, 9.17) is 4.74 Å². The molecule has 90 valence electrons. The Morgan fingerprint density at radius 2 is 2.06 bits per heavy atom. The number of ether oxygens (including phenoxy) is 1. The molecule has 0 aliphatic heterocycles. The average molecular weight is 239 g/mol. The third-order valence-corrected chi connectivity index (χ3v) is 2.70. The summed E-state index contributed by atoms with van der Waals surface area (Å²) in [5, 5.41) is 0. The number of aromatic nitrogens is 3. The standard InChI is InChI=1S/C14H13N3O/c1-10-6-7-11(8-15-10)18-9-14-16-12-4-2-3-5-13(12)17-14/h2-8H,9H2,1H3,(H,16,17). The molecule has 0 saturated heterocycles. The van der Waals surface area contributed by atoms with Crippen LogP contribution in [0.25, 0.3) is 11.0 Å². The fraction of sp³-hybridized carbons (Fsp3) is 0.143. The van der Waals surface area contributed by atoms with Crippen molar-refractivity contribution in [2.45, 2.75) is 13.5 Å². The van der Waals surface area contributed by atoms with E-state index in [9.17, 15) is 0 Å². The van der Waals surface area contributed by atoms with Gasteiger partial charge >= 0.3 is 0 Å². The van der Waals surface area contributed by atoms with Gasteiger partial charge in [-0.15, -0.1) is 0 Å². The number of pyridine rings is 1. The van der Waals surface area contributed by atoms with Gasteiger partial charge in [-0.3, -0.25) is 4.98 Å². The van der Waals surface area contributed by atoms with Gasteiger partial charge in [-0.25, -0.2) is 4.98 Å². The van der Waals surface area contributed by atoms with Gasteiger partial charge in [-0.2, -0.15) is 0 Å². The van der Waals surface area contributed by atoms with E-state index in [-0.39, 0.29) is 0 Å². The van der Waals surface area contributed by atoms with Gasteiger partial charge in [0.05, 0.1) is 17.2 Å². The Morgan fingerprint density at radius 3 is 2.83 bits per heavy atom. The van der Waals surface area contributed by atoms with Gasteiger partial charge in [0.1, 0.15) is 18.2 Å². The lowest BCUT2D eigenvalue weighted by Gasteiger charge is -2.03. The summed E-state index contributed by atoms with van der Waals surface area (Å²) >= 11 is 0. The minimum Gasteiger partial charge on any atom is -0.484 e. The summed E-state index contributed by atoms with van der Waals surface area (Å²) in [6, 6.07) is 11.8. The van der Waals surface area contributed by atoms with Crippen LogP contribution in [-0.2, 0) is 6.61 Å². The van der Waals surface area contributed by atoms with E-state index in [0.29, 0.717) is 6.61 Å². The number of hydrogen-bond acceptors (Lipinski definition) is 3. The van der Waals surface area contributed by atoms with Crippen molar-refractivity contribution < 1.29 is 4.74 Å². The Balaban J connectivity index is 1.74. The highest BCUT2D eigenvalue weighted by Crippen LogP contribution is 2.13. The molecule has 0 aliphatic rings. The van der Waals surface area contributed by atoms with E-state index < -0.39 is 0 Å². The van der Waals surface area contributed by atoms with Crippen LogP contribution in [0.15, 0.2) is 42.6 Å². The quantitative estimate of drug-likeness (QED) is 0.764. The molecule has 2 heterocycles. The summed E-state index contributed by atoms with van der Waals surface area (Å²) in [5.74, 6) is 1.57. The maximum absolute atomic E-state index is 5.62. The summed E-state index contributed by atoms with van der Waals surface area (Å²) in [4.78, 5) is 11.8. The number of rotatable bonds is 3. The Hall–Kier alpha value is -2.36. The first-order valence-electron chi connectivity index (χ1n) is 5.80. The SMILES string of the molecule is Cc1ccc(OCc2nc3ccccc3[nH]2)cn1. The van der Waals surface area contributed by atoms with Crippen molar-refractivity contribution in [2.75, 3.05) is 0 Å². The Morgan fingerprint density at radius 1 is 1.17 bits per heavy atom. The van der Waals surface area contributed by atoms with Crippen LogP contribution in [0.1, 0.15) is 11.5 Å². The minimum atomic E-state index is 0.416. The molecule has 0 atom stereocenters. The van der Waals surface area contributed by atoms with E-state index in [2.05, 4.69) is 15.0 Å². The molecular weight excluding hydrogens is 226 g/mol. The first-order chi connectivity index (χ1) is 8.81. The highest BCUT2D eigenvalue weighted by Gasteiger charge is 2.02. The van der Waals surface area contributed by atoms with E-state index in [1.54, 1.807) is 6.20 Å². The number of para-hydroxylation sites is 2. The van der Waals surface area contributed by atoms with Crippen molar-refractivity contribution in [3.05, 3.63) is 54.1 Å². The Labute approximate surface area is 105 Å². The van der Waals surface area contributed by atoms with Crippen molar-refractivity contribution in [1.29, 1.82) is 0 Å². The molecule has 0 aliphatic carbocycles. The lowest BCUT2D eigenvalue weighted by atomic mass is 10.3. The maximum atomic E-state index is 5.62. The zero-order chi connectivity index (χ0) is 12.4. The second kappa shape index (κ2) is 4.49. The summed E-state index contributed by atoms with van der Waals surface area (Å²) < 4.78 is 5.62. The van der Waals surface area contributed by atoms with Crippen LogP contribution in [0.4, 0.5) is 0 Å². The van der Waals surface area contributed by atoms with Gasteiger partial charge in [0.15, 0.2) is 0 Å². The zero-order valence-corrected chi connectivity index (χ0v) is 10.1. The highest BCUT2D eigenvalue weighted by molar-refractivity contribution is 5.74. The van der Waals surface area contributed by atoms with Gasteiger partial charge in [-0.05, 0) is 31.2 Å². The second-order valence-electron chi connectivity index (χ2n) is 4.12. The number of nitrogens with zero attached hydrogens (tertiary/aromatic N) is 2.